The van der Waals surface area contributed by atoms with Crippen LogP contribution < -0.4 is 9.64 Å². The van der Waals surface area contributed by atoms with Crippen molar-refractivity contribution in [1.29, 1.82) is 0 Å². The van der Waals surface area contributed by atoms with Crippen LogP contribution >= 0.6 is 0 Å². The number of ether oxygens (including phenoxy) is 2. The first-order chi connectivity index (χ1) is 22.1. The number of phenolic OH excluding ortho intramolecular Hbond substituents is 1. The van der Waals surface area contributed by atoms with Gasteiger partial charge < -0.3 is 24.6 Å². The zero-order valence-electron chi connectivity index (χ0n) is 26.3. The van der Waals surface area contributed by atoms with Gasteiger partial charge in [-0.25, -0.2) is 8.78 Å². The third-order valence-electron chi connectivity index (χ3n) is 11.9. The number of hydrogen-bond donors (Lipinski definition) is 2. The molecule has 5 fully saturated rings. The van der Waals surface area contributed by atoms with E-state index in [9.17, 15) is 14.6 Å². The average Bonchev–Trinajstić information content (AvgIpc) is 3.53. The highest BCUT2D eigenvalue weighted by Gasteiger charge is 2.56. The number of benzene rings is 1. The number of anilines is 1. The molecule has 8 aliphatic rings. The Kier molecular flexibility index (Phi) is 6.42. The fourth-order valence-corrected chi connectivity index (χ4v) is 9.94. The number of aliphatic hydroxyl groups is 1. The van der Waals surface area contributed by atoms with E-state index in [0.717, 1.165) is 56.3 Å². The molecule has 1 spiro atoms. The monoisotopic (exact) mass is 633 g/mol. The SMILES string of the molecule is Cc1cc(O)cc2c1[C@@H]1C[C@@H]1COCC1(O)CC3(CCCN(C3)c3nc(OC[C@@]45CCCN4C[C@H](F)C5)nc4c(F)c-2ncc34)C1. The molecule has 3 saturated heterocycles. The fraction of sp³-hybridized carbons (Fsp3) is 0.629. The molecule has 2 saturated carbocycles. The Balaban J connectivity index is 1.18. The topological polar surface area (TPSA) is 104 Å². The predicted octanol–water partition coefficient (Wildman–Crippen LogP) is 5.05. The van der Waals surface area contributed by atoms with Crippen molar-refractivity contribution in [2.24, 2.45) is 11.3 Å². The highest BCUT2D eigenvalue weighted by molar-refractivity contribution is 5.92. The van der Waals surface area contributed by atoms with Crippen molar-refractivity contribution < 1.29 is 28.5 Å². The molecule has 6 aliphatic heterocycles. The third-order valence-corrected chi connectivity index (χ3v) is 11.9. The number of fused-ring (bicyclic) bond motifs is 1. The Morgan fingerprint density at radius 1 is 1.15 bits per heavy atom. The van der Waals surface area contributed by atoms with Crippen molar-refractivity contribution in [1.82, 2.24) is 19.9 Å². The molecule has 11 heteroatoms. The minimum atomic E-state index is -0.888. The van der Waals surface area contributed by atoms with Gasteiger partial charge in [0, 0.05) is 37.8 Å². The Labute approximate surface area is 266 Å². The van der Waals surface area contributed by atoms with Gasteiger partial charge in [-0.15, -0.1) is 0 Å². The third kappa shape index (κ3) is 4.59. The highest BCUT2D eigenvalue weighted by atomic mass is 19.1. The molecule has 7 bridgehead atoms. The highest BCUT2D eigenvalue weighted by Crippen LogP contribution is 2.56. The van der Waals surface area contributed by atoms with Gasteiger partial charge in [0.05, 0.1) is 29.7 Å². The number of aromatic nitrogens is 3. The molecular formula is C35H41F2N5O4. The number of aryl methyl sites for hydroxylation is 1. The van der Waals surface area contributed by atoms with Crippen LogP contribution in [0.4, 0.5) is 14.6 Å². The van der Waals surface area contributed by atoms with E-state index in [2.05, 4.69) is 19.8 Å². The summed E-state index contributed by atoms with van der Waals surface area (Å²) in [5, 5.41) is 22.5. The molecule has 0 unspecified atom stereocenters. The number of halogens is 2. The predicted molar refractivity (Wildman–Crippen MR) is 167 cm³/mol. The van der Waals surface area contributed by atoms with E-state index in [1.807, 2.05) is 6.92 Å². The van der Waals surface area contributed by atoms with Crippen molar-refractivity contribution >= 4 is 16.7 Å². The van der Waals surface area contributed by atoms with Gasteiger partial charge in [-0.1, -0.05) is 0 Å². The van der Waals surface area contributed by atoms with Crippen molar-refractivity contribution in [3.63, 3.8) is 0 Å². The lowest BCUT2D eigenvalue weighted by atomic mass is 9.56. The molecule has 2 N–H and O–H groups in total. The minimum Gasteiger partial charge on any atom is -0.508 e. The second kappa shape index (κ2) is 10.2. The summed E-state index contributed by atoms with van der Waals surface area (Å²) in [5.41, 5.74) is 1.31. The maximum Gasteiger partial charge on any atom is 0.319 e. The van der Waals surface area contributed by atoms with E-state index >= 15 is 4.39 Å². The van der Waals surface area contributed by atoms with Crippen molar-refractivity contribution in [3.05, 3.63) is 35.3 Å². The summed E-state index contributed by atoms with van der Waals surface area (Å²) in [6.45, 7) is 5.67. The quantitative estimate of drug-likeness (QED) is 0.411. The molecule has 2 aliphatic carbocycles. The summed E-state index contributed by atoms with van der Waals surface area (Å²) < 4.78 is 43.9. The van der Waals surface area contributed by atoms with Crippen LogP contribution in [0.2, 0.25) is 0 Å². The molecule has 244 valence electrons. The van der Waals surface area contributed by atoms with Crippen molar-refractivity contribution in [3.8, 4) is 23.0 Å². The molecule has 0 radical (unpaired) electrons. The second-order valence-electron chi connectivity index (χ2n) is 15.3. The summed E-state index contributed by atoms with van der Waals surface area (Å²) in [5.74, 6) is 0.415. The second-order valence-corrected chi connectivity index (χ2v) is 15.3. The minimum absolute atomic E-state index is 0.0491. The lowest BCUT2D eigenvalue weighted by Crippen LogP contribution is -2.60. The van der Waals surface area contributed by atoms with Crippen molar-refractivity contribution in [2.45, 2.75) is 81.5 Å². The molecule has 46 heavy (non-hydrogen) atoms. The van der Waals surface area contributed by atoms with Crippen LogP contribution in [0.5, 0.6) is 11.8 Å². The van der Waals surface area contributed by atoms with Gasteiger partial charge in [0.1, 0.15) is 35.6 Å². The van der Waals surface area contributed by atoms with E-state index in [-0.39, 0.29) is 46.8 Å². The number of alkyl halides is 1. The summed E-state index contributed by atoms with van der Waals surface area (Å²) in [4.78, 5) is 18.6. The number of aromatic hydroxyl groups is 1. The van der Waals surface area contributed by atoms with Crippen LogP contribution in [0, 0.1) is 24.1 Å². The molecule has 4 atom stereocenters. The zero-order valence-corrected chi connectivity index (χ0v) is 26.3. The van der Waals surface area contributed by atoms with Gasteiger partial charge in [-0.3, -0.25) is 9.88 Å². The standard InChI is InChI=1S/C35H41F2N5O4/c1-20-8-23(43)10-25-27(20)24-9-21(24)14-45-19-35(44)15-33(16-35)4-2-6-41(17-33)31-26-12-38-29(25)28(37)30(26)39-32(40-31)46-18-34-5-3-7-42(34)13-22(36)11-34/h8,10,12,21-22,24,43-44H,2-7,9,11,13-19H2,1H3/t21-,22-,24-,33?,34+,35?/m1/s1. The molecule has 1 aromatic carbocycles. The molecule has 0 amide bonds. The number of phenols is 1. The Bertz CT molecular complexity index is 1730. The molecule has 11 rings (SSSR count). The maximum atomic E-state index is 16.9. The normalized spacial score (nSPS) is 35.0. The lowest BCUT2D eigenvalue weighted by Gasteiger charge is -2.57. The largest absolute Gasteiger partial charge is 0.508 e. The Morgan fingerprint density at radius 3 is 2.87 bits per heavy atom. The maximum absolute atomic E-state index is 16.9. The molecular weight excluding hydrogens is 592 g/mol. The van der Waals surface area contributed by atoms with E-state index in [0.29, 0.717) is 62.3 Å². The van der Waals surface area contributed by atoms with Gasteiger partial charge in [0.15, 0.2) is 5.82 Å². The molecule has 8 heterocycles. The number of piperidine rings is 1. The Morgan fingerprint density at radius 2 is 2.00 bits per heavy atom. The number of pyridine rings is 1. The van der Waals surface area contributed by atoms with Crippen LogP contribution in [0.1, 0.15) is 68.4 Å². The number of hydrogen-bond acceptors (Lipinski definition) is 9. The summed E-state index contributed by atoms with van der Waals surface area (Å²) >= 11 is 0. The molecule has 2 aromatic heterocycles. The first kappa shape index (κ1) is 29.0. The number of nitrogens with zero attached hydrogens (tertiary/aromatic N) is 5. The molecule has 9 nitrogen and oxygen atoms in total. The van der Waals surface area contributed by atoms with Crippen molar-refractivity contribution in [2.75, 3.05) is 50.9 Å². The summed E-state index contributed by atoms with van der Waals surface area (Å²) in [6.07, 6.45) is 7.12. The first-order valence-corrected chi connectivity index (χ1v) is 16.9. The first-order valence-electron chi connectivity index (χ1n) is 16.9. The van der Waals surface area contributed by atoms with Gasteiger partial charge in [0.25, 0.3) is 0 Å². The summed E-state index contributed by atoms with van der Waals surface area (Å²) in [7, 11) is 0. The number of rotatable bonds is 3. The fourth-order valence-electron chi connectivity index (χ4n) is 9.94. The van der Waals surface area contributed by atoms with Crippen LogP contribution in [-0.4, -0.2) is 93.4 Å². The van der Waals surface area contributed by atoms with Crippen LogP contribution in [0.3, 0.4) is 0 Å². The van der Waals surface area contributed by atoms with Gasteiger partial charge in [0.2, 0.25) is 0 Å². The van der Waals surface area contributed by atoms with E-state index in [1.165, 1.54) is 0 Å². The smallest absolute Gasteiger partial charge is 0.319 e. The van der Waals surface area contributed by atoms with E-state index < -0.39 is 23.1 Å². The Hall–Kier alpha value is -3.15. The molecule has 3 aromatic rings. The van der Waals surface area contributed by atoms with Gasteiger partial charge in [-0.05, 0) is 98.9 Å². The van der Waals surface area contributed by atoms with Crippen LogP contribution in [0.15, 0.2) is 18.3 Å². The van der Waals surface area contributed by atoms with E-state index in [1.54, 1.807) is 18.3 Å². The zero-order chi connectivity index (χ0) is 31.4. The van der Waals surface area contributed by atoms with Gasteiger partial charge >= 0.3 is 6.01 Å². The van der Waals surface area contributed by atoms with E-state index in [4.69, 9.17) is 14.5 Å². The van der Waals surface area contributed by atoms with Crippen LogP contribution in [-0.2, 0) is 4.74 Å². The average molecular weight is 634 g/mol. The lowest BCUT2D eigenvalue weighted by molar-refractivity contribution is -0.168. The van der Waals surface area contributed by atoms with Crippen LogP contribution in [0.25, 0.3) is 22.2 Å². The summed E-state index contributed by atoms with van der Waals surface area (Å²) in [6, 6.07) is 3.38. The van der Waals surface area contributed by atoms with Gasteiger partial charge in [-0.2, -0.15) is 9.97 Å².